The van der Waals surface area contributed by atoms with Gasteiger partial charge in [0.2, 0.25) is 0 Å². The second kappa shape index (κ2) is 6.77. The zero-order chi connectivity index (χ0) is 16.2. The highest BCUT2D eigenvalue weighted by atomic mass is 32.2. The van der Waals surface area contributed by atoms with Crippen LogP contribution in [0.4, 0.5) is 5.69 Å². The zero-order valence-electron chi connectivity index (χ0n) is 13.0. The Balaban J connectivity index is 1.75. The van der Waals surface area contributed by atoms with E-state index in [4.69, 9.17) is 5.10 Å². The van der Waals surface area contributed by atoms with Crippen molar-refractivity contribution in [2.45, 2.75) is 0 Å². The molecule has 0 aliphatic carbocycles. The maximum Gasteiger partial charge on any atom is 0.131 e. The summed E-state index contributed by atoms with van der Waals surface area (Å²) in [6.07, 6.45) is 2.18. The molecule has 0 spiro atoms. The van der Waals surface area contributed by atoms with Crippen LogP contribution < -0.4 is 5.01 Å². The first-order chi connectivity index (χ1) is 11.9. The summed E-state index contributed by atoms with van der Waals surface area (Å²) in [6, 6.07) is 30.9. The van der Waals surface area contributed by atoms with Gasteiger partial charge < -0.3 is 0 Å². The van der Waals surface area contributed by atoms with Gasteiger partial charge in [-0.25, -0.2) is 5.01 Å². The van der Waals surface area contributed by atoms with Gasteiger partial charge in [-0.3, -0.25) is 0 Å². The number of para-hydroxylation sites is 1. The van der Waals surface area contributed by atoms with Crippen LogP contribution in [0.3, 0.4) is 0 Å². The fourth-order valence-corrected chi connectivity index (χ4v) is 3.54. The van der Waals surface area contributed by atoms with Crippen LogP contribution in [-0.2, 0) is 0 Å². The van der Waals surface area contributed by atoms with Crippen molar-refractivity contribution in [1.82, 2.24) is 0 Å². The van der Waals surface area contributed by atoms with Crippen molar-refractivity contribution in [3.8, 4) is 0 Å². The van der Waals surface area contributed by atoms with Gasteiger partial charge in [-0.2, -0.15) is 5.10 Å². The number of hydrazone groups is 1. The van der Waals surface area contributed by atoms with Gasteiger partial charge in [-0.15, -0.1) is 0 Å². The molecule has 3 aromatic carbocycles. The molecule has 1 aliphatic rings. The Labute approximate surface area is 146 Å². The Morgan fingerprint density at radius 1 is 0.708 bits per heavy atom. The molecule has 0 saturated carbocycles. The fourth-order valence-electron chi connectivity index (χ4n) is 2.54. The number of thioether (sulfide) groups is 1. The van der Waals surface area contributed by atoms with Gasteiger partial charge in [0.25, 0.3) is 0 Å². The Morgan fingerprint density at radius 3 is 1.96 bits per heavy atom. The Hall–Kier alpha value is -2.78. The van der Waals surface area contributed by atoms with E-state index >= 15 is 0 Å². The van der Waals surface area contributed by atoms with Crippen molar-refractivity contribution in [2.75, 3.05) is 5.01 Å². The van der Waals surface area contributed by atoms with Crippen LogP contribution >= 0.6 is 11.8 Å². The first-order valence-corrected chi connectivity index (χ1v) is 8.65. The van der Waals surface area contributed by atoms with Crippen molar-refractivity contribution < 1.29 is 0 Å². The number of rotatable bonds is 3. The SMILES string of the molecule is C(=C1/SC(c2ccccc2)=NN1c1ccccc1)/c1ccccc1. The Morgan fingerprint density at radius 2 is 1.29 bits per heavy atom. The number of hydrogen-bond donors (Lipinski definition) is 0. The van der Waals surface area contributed by atoms with Crippen LogP contribution in [0.1, 0.15) is 11.1 Å². The van der Waals surface area contributed by atoms with Crippen LogP contribution in [0.5, 0.6) is 0 Å². The van der Waals surface area contributed by atoms with Crippen molar-refractivity contribution in [3.05, 3.63) is 107 Å². The molecule has 3 heteroatoms. The van der Waals surface area contributed by atoms with E-state index in [1.54, 1.807) is 11.8 Å². The molecule has 0 saturated heterocycles. The average Bonchev–Trinajstić information content (AvgIpc) is 3.08. The van der Waals surface area contributed by atoms with Crippen molar-refractivity contribution in [3.63, 3.8) is 0 Å². The van der Waals surface area contributed by atoms with E-state index in [9.17, 15) is 0 Å². The lowest BCUT2D eigenvalue weighted by Crippen LogP contribution is -2.08. The van der Waals surface area contributed by atoms with Gasteiger partial charge in [0.05, 0.1) is 5.69 Å². The van der Waals surface area contributed by atoms with E-state index in [2.05, 4.69) is 54.6 Å². The molecule has 1 aliphatic heterocycles. The number of anilines is 1. The Bertz CT molecular complexity index is 871. The molecule has 116 valence electrons. The maximum absolute atomic E-state index is 4.85. The first kappa shape index (κ1) is 14.8. The number of benzene rings is 3. The van der Waals surface area contributed by atoms with Crippen LogP contribution in [-0.4, -0.2) is 5.04 Å². The molecule has 0 radical (unpaired) electrons. The van der Waals surface area contributed by atoms with Crippen molar-refractivity contribution in [1.29, 1.82) is 0 Å². The monoisotopic (exact) mass is 328 g/mol. The van der Waals surface area contributed by atoms with Gasteiger partial charge in [-0.05, 0) is 35.5 Å². The standard InChI is InChI=1S/C21H16N2S/c1-4-10-17(11-5-1)16-20-23(19-14-8-3-9-15-19)22-21(24-20)18-12-6-2-7-13-18/h1-16H/b20-16-. The topological polar surface area (TPSA) is 15.6 Å². The molecule has 24 heavy (non-hydrogen) atoms. The first-order valence-electron chi connectivity index (χ1n) is 7.84. The third kappa shape index (κ3) is 3.12. The molecule has 0 amide bonds. The lowest BCUT2D eigenvalue weighted by atomic mass is 10.2. The summed E-state index contributed by atoms with van der Waals surface area (Å²) in [6.45, 7) is 0. The molecular formula is C21H16N2S. The second-order valence-electron chi connectivity index (χ2n) is 5.41. The summed E-state index contributed by atoms with van der Waals surface area (Å²) in [4.78, 5) is 0. The fraction of sp³-hybridized carbons (Fsp3) is 0. The predicted octanol–water partition coefficient (Wildman–Crippen LogP) is 5.60. The summed E-state index contributed by atoms with van der Waals surface area (Å²) < 4.78 is 0. The van der Waals surface area contributed by atoms with Crippen molar-refractivity contribution >= 4 is 28.6 Å². The molecule has 4 rings (SSSR count). The highest BCUT2D eigenvalue weighted by Gasteiger charge is 2.23. The molecule has 0 bridgehead atoms. The van der Waals surface area contributed by atoms with E-state index in [1.807, 2.05) is 47.5 Å². The Kier molecular flexibility index (Phi) is 4.17. The molecule has 0 atom stereocenters. The minimum absolute atomic E-state index is 1.02. The summed E-state index contributed by atoms with van der Waals surface area (Å²) in [5.74, 6) is 0. The second-order valence-corrected chi connectivity index (χ2v) is 6.42. The summed E-state index contributed by atoms with van der Waals surface area (Å²) >= 11 is 1.70. The molecule has 0 unspecified atom stereocenters. The molecule has 3 aromatic rings. The van der Waals surface area contributed by atoms with Crippen LogP contribution in [0.15, 0.2) is 101 Å². The van der Waals surface area contributed by atoms with Gasteiger partial charge >= 0.3 is 0 Å². The van der Waals surface area contributed by atoms with Crippen molar-refractivity contribution in [2.24, 2.45) is 5.10 Å². The zero-order valence-corrected chi connectivity index (χ0v) is 13.9. The smallest absolute Gasteiger partial charge is 0.131 e. The third-order valence-corrected chi connectivity index (χ3v) is 4.72. The molecule has 1 heterocycles. The van der Waals surface area contributed by atoms with Gasteiger partial charge in [0.1, 0.15) is 10.1 Å². The van der Waals surface area contributed by atoms with E-state index < -0.39 is 0 Å². The van der Waals surface area contributed by atoms with Crippen LogP contribution in [0, 0.1) is 0 Å². The predicted molar refractivity (Wildman–Crippen MR) is 104 cm³/mol. The maximum atomic E-state index is 4.85. The van der Waals surface area contributed by atoms with Crippen LogP contribution in [0.2, 0.25) is 0 Å². The molecule has 0 N–H and O–H groups in total. The highest BCUT2D eigenvalue weighted by molar-refractivity contribution is 8.18. The van der Waals surface area contributed by atoms with Gasteiger partial charge in [-0.1, -0.05) is 78.9 Å². The van der Waals surface area contributed by atoms with Gasteiger partial charge in [0, 0.05) is 5.56 Å². The molecule has 0 aromatic heterocycles. The minimum Gasteiger partial charge on any atom is -0.226 e. The summed E-state index contributed by atoms with van der Waals surface area (Å²) in [5, 5.41) is 8.98. The normalized spacial score (nSPS) is 15.6. The molecular weight excluding hydrogens is 312 g/mol. The lowest BCUT2D eigenvalue weighted by molar-refractivity contribution is 1.08. The third-order valence-electron chi connectivity index (χ3n) is 3.71. The van der Waals surface area contributed by atoms with E-state index in [0.717, 1.165) is 21.3 Å². The van der Waals surface area contributed by atoms with Gasteiger partial charge in [0.15, 0.2) is 0 Å². The van der Waals surface area contributed by atoms with Crippen LogP contribution in [0.25, 0.3) is 6.08 Å². The summed E-state index contributed by atoms with van der Waals surface area (Å²) in [5.41, 5.74) is 3.38. The summed E-state index contributed by atoms with van der Waals surface area (Å²) in [7, 11) is 0. The quantitative estimate of drug-likeness (QED) is 0.622. The number of nitrogens with zero attached hydrogens (tertiary/aromatic N) is 2. The lowest BCUT2D eigenvalue weighted by Gasteiger charge is -2.15. The molecule has 2 nitrogen and oxygen atoms in total. The number of hydrogen-bond acceptors (Lipinski definition) is 3. The molecule has 0 fully saturated rings. The van der Waals surface area contributed by atoms with E-state index in [0.29, 0.717) is 0 Å². The van der Waals surface area contributed by atoms with E-state index in [1.165, 1.54) is 5.56 Å². The highest BCUT2D eigenvalue weighted by Crippen LogP contribution is 2.37. The van der Waals surface area contributed by atoms with E-state index in [-0.39, 0.29) is 0 Å². The average molecular weight is 328 g/mol. The minimum atomic E-state index is 1.02. The largest absolute Gasteiger partial charge is 0.226 e.